The first-order valence-electron chi connectivity index (χ1n) is 6.43. The predicted octanol–water partition coefficient (Wildman–Crippen LogP) is 2.96. The molecule has 0 aliphatic carbocycles. The fraction of sp³-hybridized carbons (Fsp3) is 0.571. The lowest BCUT2D eigenvalue weighted by molar-refractivity contribution is 0.121. The Hall–Kier alpha value is -0.770. The topological polar surface area (TPSA) is 30.5 Å². The molecule has 0 radical (unpaired) electrons. The van der Waals surface area contributed by atoms with Crippen molar-refractivity contribution < 1.29 is 9.47 Å². The molecule has 4 heteroatoms. The number of nitrogens with one attached hydrogen (secondary N) is 1. The lowest BCUT2D eigenvalue weighted by Crippen LogP contribution is -2.26. The summed E-state index contributed by atoms with van der Waals surface area (Å²) >= 11 is 6.33. The van der Waals surface area contributed by atoms with Crippen LogP contribution in [0.2, 0.25) is 5.02 Å². The molecule has 0 saturated carbocycles. The van der Waals surface area contributed by atoms with Crippen molar-refractivity contribution in [1.29, 1.82) is 0 Å². The van der Waals surface area contributed by atoms with Crippen molar-refractivity contribution in [2.24, 2.45) is 0 Å². The second kappa shape index (κ2) is 6.41. The molecule has 1 unspecified atom stereocenters. The van der Waals surface area contributed by atoms with Crippen LogP contribution in [-0.2, 0) is 11.2 Å². The van der Waals surface area contributed by atoms with E-state index in [-0.39, 0.29) is 6.04 Å². The first-order valence-corrected chi connectivity index (χ1v) is 6.81. The van der Waals surface area contributed by atoms with Gasteiger partial charge in [0.25, 0.3) is 0 Å². The molecular formula is C14H20ClNO2. The van der Waals surface area contributed by atoms with Crippen LogP contribution in [0.15, 0.2) is 12.1 Å². The summed E-state index contributed by atoms with van der Waals surface area (Å²) in [6, 6.07) is 4.15. The zero-order chi connectivity index (χ0) is 13.0. The van der Waals surface area contributed by atoms with Crippen LogP contribution >= 0.6 is 11.6 Å². The Morgan fingerprint density at radius 1 is 1.50 bits per heavy atom. The highest BCUT2D eigenvalue weighted by Gasteiger charge is 2.21. The lowest BCUT2D eigenvalue weighted by Gasteiger charge is -2.20. The molecule has 1 aromatic rings. The van der Waals surface area contributed by atoms with E-state index in [9.17, 15) is 0 Å². The number of hydrogen-bond acceptors (Lipinski definition) is 3. The van der Waals surface area contributed by atoms with Crippen LogP contribution < -0.4 is 10.1 Å². The number of rotatable bonds is 4. The summed E-state index contributed by atoms with van der Waals surface area (Å²) in [4.78, 5) is 0. The maximum Gasteiger partial charge on any atom is 0.120 e. The predicted molar refractivity (Wildman–Crippen MR) is 73.6 cm³/mol. The van der Waals surface area contributed by atoms with E-state index in [1.807, 2.05) is 6.07 Å². The molecule has 1 aromatic carbocycles. The molecular weight excluding hydrogens is 250 g/mol. The summed E-state index contributed by atoms with van der Waals surface area (Å²) in [5.74, 6) is 0.809. The van der Waals surface area contributed by atoms with Gasteiger partial charge in [0.05, 0.1) is 26.4 Å². The summed E-state index contributed by atoms with van der Waals surface area (Å²) in [5, 5.41) is 4.28. The van der Waals surface area contributed by atoms with Gasteiger partial charge in [0.2, 0.25) is 0 Å². The van der Waals surface area contributed by atoms with E-state index in [0.717, 1.165) is 36.8 Å². The molecule has 0 saturated heterocycles. The van der Waals surface area contributed by atoms with Crippen molar-refractivity contribution in [2.75, 3.05) is 26.9 Å². The van der Waals surface area contributed by atoms with E-state index >= 15 is 0 Å². The van der Waals surface area contributed by atoms with Gasteiger partial charge in [-0.05, 0) is 42.6 Å². The maximum absolute atomic E-state index is 6.33. The third-order valence-corrected chi connectivity index (χ3v) is 3.57. The Morgan fingerprint density at radius 3 is 3.06 bits per heavy atom. The van der Waals surface area contributed by atoms with E-state index in [4.69, 9.17) is 21.1 Å². The van der Waals surface area contributed by atoms with Gasteiger partial charge in [-0.3, -0.25) is 0 Å². The second-order valence-corrected chi connectivity index (χ2v) is 4.92. The number of methoxy groups -OCH3 is 1. The largest absolute Gasteiger partial charge is 0.497 e. The average molecular weight is 270 g/mol. The number of hydrogen-bond donors (Lipinski definition) is 1. The Kier molecular flexibility index (Phi) is 4.87. The molecule has 0 spiro atoms. The minimum atomic E-state index is 0.204. The molecule has 18 heavy (non-hydrogen) atoms. The first kappa shape index (κ1) is 13.7. The Balaban J connectivity index is 2.35. The van der Waals surface area contributed by atoms with Crippen LogP contribution in [-0.4, -0.2) is 26.9 Å². The molecule has 0 bridgehead atoms. The van der Waals surface area contributed by atoms with Crippen molar-refractivity contribution in [3.63, 3.8) is 0 Å². The van der Waals surface area contributed by atoms with Crippen molar-refractivity contribution in [3.05, 3.63) is 28.3 Å². The molecule has 0 fully saturated rings. The van der Waals surface area contributed by atoms with Gasteiger partial charge < -0.3 is 14.8 Å². The van der Waals surface area contributed by atoms with E-state index in [2.05, 4.69) is 18.3 Å². The van der Waals surface area contributed by atoms with Crippen molar-refractivity contribution >= 4 is 11.6 Å². The number of fused-ring (bicyclic) bond motifs is 1. The minimum Gasteiger partial charge on any atom is -0.497 e. The normalized spacial score (nSPS) is 19.2. The fourth-order valence-electron chi connectivity index (χ4n) is 2.28. The molecule has 0 aromatic heterocycles. The van der Waals surface area contributed by atoms with Crippen LogP contribution in [0.5, 0.6) is 5.75 Å². The smallest absolute Gasteiger partial charge is 0.120 e. The molecule has 1 aliphatic rings. The Morgan fingerprint density at radius 2 is 2.33 bits per heavy atom. The van der Waals surface area contributed by atoms with E-state index in [1.165, 1.54) is 11.1 Å². The highest BCUT2D eigenvalue weighted by molar-refractivity contribution is 6.31. The molecule has 1 aliphatic heterocycles. The molecule has 100 valence electrons. The highest BCUT2D eigenvalue weighted by Crippen LogP contribution is 2.32. The summed E-state index contributed by atoms with van der Waals surface area (Å²) in [6.45, 7) is 4.55. The van der Waals surface area contributed by atoms with Gasteiger partial charge in [-0.15, -0.1) is 0 Å². The number of halogens is 1. The van der Waals surface area contributed by atoms with Gasteiger partial charge in [-0.1, -0.05) is 18.5 Å². The minimum absolute atomic E-state index is 0.204. The van der Waals surface area contributed by atoms with Crippen LogP contribution in [0.1, 0.15) is 30.5 Å². The van der Waals surface area contributed by atoms with Gasteiger partial charge >= 0.3 is 0 Å². The summed E-state index contributed by atoms with van der Waals surface area (Å²) in [7, 11) is 1.67. The molecule has 1 atom stereocenters. The van der Waals surface area contributed by atoms with Gasteiger partial charge in [-0.25, -0.2) is 0 Å². The summed E-state index contributed by atoms with van der Waals surface area (Å²) in [5.41, 5.74) is 2.40. The fourth-order valence-corrected chi connectivity index (χ4v) is 2.59. The van der Waals surface area contributed by atoms with Gasteiger partial charge in [0.1, 0.15) is 5.75 Å². The molecule has 1 N–H and O–H groups in total. The lowest BCUT2D eigenvalue weighted by atomic mass is 9.99. The quantitative estimate of drug-likeness (QED) is 0.912. The van der Waals surface area contributed by atoms with Crippen LogP contribution in [0.3, 0.4) is 0 Å². The van der Waals surface area contributed by atoms with Crippen molar-refractivity contribution in [1.82, 2.24) is 5.32 Å². The summed E-state index contributed by atoms with van der Waals surface area (Å²) in [6.07, 6.45) is 1.96. The molecule has 1 heterocycles. The van der Waals surface area contributed by atoms with Gasteiger partial charge in [0.15, 0.2) is 0 Å². The molecule has 2 rings (SSSR count). The van der Waals surface area contributed by atoms with Crippen LogP contribution in [0.4, 0.5) is 0 Å². The molecule has 3 nitrogen and oxygen atoms in total. The third kappa shape index (κ3) is 2.97. The van der Waals surface area contributed by atoms with Crippen LogP contribution in [0.25, 0.3) is 0 Å². The van der Waals surface area contributed by atoms with Gasteiger partial charge in [-0.2, -0.15) is 0 Å². The SMILES string of the molecule is CCCNC1COCCc2c(Cl)cc(OC)cc21. The second-order valence-electron chi connectivity index (χ2n) is 4.51. The number of benzene rings is 1. The van der Waals surface area contributed by atoms with Crippen molar-refractivity contribution in [3.8, 4) is 5.75 Å². The van der Waals surface area contributed by atoms with Crippen LogP contribution in [0, 0.1) is 0 Å². The zero-order valence-electron chi connectivity index (χ0n) is 11.0. The number of ether oxygens (including phenoxy) is 2. The Bertz CT molecular complexity index is 409. The Labute approximate surface area is 113 Å². The third-order valence-electron chi connectivity index (χ3n) is 3.24. The summed E-state index contributed by atoms with van der Waals surface area (Å²) < 4.78 is 11.0. The maximum atomic E-state index is 6.33. The monoisotopic (exact) mass is 269 g/mol. The standard InChI is InChI=1S/C14H20ClNO2/c1-3-5-16-14-9-18-6-4-11-12(14)7-10(17-2)8-13(11)15/h7-8,14,16H,3-6,9H2,1-2H3. The first-order chi connectivity index (χ1) is 8.76. The van der Waals surface area contributed by atoms with Crippen molar-refractivity contribution in [2.45, 2.75) is 25.8 Å². The molecule has 0 amide bonds. The van der Waals surface area contributed by atoms with E-state index < -0.39 is 0 Å². The zero-order valence-corrected chi connectivity index (χ0v) is 11.7. The van der Waals surface area contributed by atoms with Gasteiger partial charge in [0, 0.05) is 5.02 Å². The van der Waals surface area contributed by atoms with E-state index in [1.54, 1.807) is 7.11 Å². The highest BCUT2D eigenvalue weighted by atomic mass is 35.5. The van der Waals surface area contributed by atoms with E-state index in [0.29, 0.717) is 6.61 Å². The average Bonchev–Trinajstić information content (AvgIpc) is 2.59.